The van der Waals surface area contributed by atoms with Gasteiger partial charge >= 0.3 is 12.2 Å². The summed E-state index contributed by atoms with van der Waals surface area (Å²) in [6, 6.07) is 4.68. The van der Waals surface area contributed by atoms with Crippen LogP contribution in [0.15, 0.2) is 41.0 Å². The fraction of sp³-hybridized carbons (Fsp3) is 0.375. The number of hydrogen-bond acceptors (Lipinski definition) is 8. The second-order valence-electron chi connectivity index (χ2n) is 8.71. The Morgan fingerprint density at radius 2 is 2.00 bits per heavy atom. The minimum absolute atomic E-state index is 0.130. The van der Waals surface area contributed by atoms with Gasteiger partial charge in [-0.1, -0.05) is 22.8 Å². The second-order valence-corrected chi connectivity index (χ2v) is 10.0. The number of likely N-dealkylation sites (tertiary alicyclic amines) is 1. The van der Waals surface area contributed by atoms with Crippen LogP contribution in [0, 0.1) is 5.82 Å². The number of halogens is 5. The highest BCUT2D eigenvalue weighted by Gasteiger charge is 2.34. The number of benzene rings is 1. The molecule has 14 heteroatoms. The number of nitrogens with zero attached hydrogens (tertiary/aromatic N) is 5. The lowest BCUT2D eigenvalue weighted by atomic mass is 9.97. The predicted molar refractivity (Wildman–Crippen MR) is 130 cm³/mol. The van der Waals surface area contributed by atoms with E-state index in [0.717, 1.165) is 17.3 Å². The molecule has 2 aliphatic rings. The number of hydrogen-bond donors (Lipinski definition) is 0. The first-order chi connectivity index (χ1) is 18.2. The van der Waals surface area contributed by atoms with Crippen molar-refractivity contribution < 1.29 is 31.9 Å². The number of thiazole rings is 1. The van der Waals surface area contributed by atoms with Crippen LogP contribution in [0.3, 0.4) is 0 Å². The van der Waals surface area contributed by atoms with Gasteiger partial charge in [0.2, 0.25) is 0 Å². The summed E-state index contributed by atoms with van der Waals surface area (Å²) < 4.78 is 57.7. The molecule has 0 radical (unpaired) electrons. The van der Waals surface area contributed by atoms with E-state index >= 15 is 0 Å². The van der Waals surface area contributed by atoms with Crippen molar-refractivity contribution in [1.82, 2.24) is 19.9 Å². The van der Waals surface area contributed by atoms with Crippen LogP contribution in [0.25, 0.3) is 0 Å². The number of carbonyl (C=O) groups excluding carboxylic acids is 1. The Balaban J connectivity index is 1.13. The number of oxime groups is 1. The van der Waals surface area contributed by atoms with Gasteiger partial charge in [0.05, 0.1) is 15.7 Å². The fourth-order valence-electron chi connectivity index (χ4n) is 4.27. The molecule has 8 nitrogen and oxygen atoms in total. The normalized spacial score (nSPS) is 18.3. The lowest BCUT2D eigenvalue weighted by Crippen LogP contribution is -2.40. The Labute approximate surface area is 223 Å². The quantitative estimate of drug-likeness (QED) is 0.370. The van der Waals surface area contributed by atoms with E-state index in [1.165, 1.54) is 23.5 Å². The van der Waals surface area contributed by atoms with Crippen LogP contribution >= 0.6 is 22.9 Å². The van der Waals surface area contributed by atoms with Crippen molar-refractivity contribution in [2.75, 3.05) is 19.7 Å². The van der Waals surface area contributed by atoms with Crippen LogP contribution in [0.1, 0.15) is 53.2 Å². The van der Waals surface area contributed by atoms with Gasteiger partial charge in [0.1, 0.15) is 11.5 Å². The SMILES string of the molecule is O=C(COc1nccc(C(F)(F)F)n1)N1CCC(c2nc(C3=NOC(c4c(F)cccc4Cl)C3)cs2)CC1. The molecule has 2 aliphatic heterocycles. The summed E-state index contributed by atoms with van der Waals surface area (Å²) in [6.45, 7) is 0.437. The van der Waals surface area contributed by atoms with E-state index in [4.69, 9.17) is 26.2 Å². The summed E-state index contributed by atoms with van der Waals surface area (Å²) in [6.07, 6.45) is -2.66. The molecule has 0 spiro atoms. The predicted octanol–water partition coefficient (Wildman–Crippen LogP) is 5.40. The van der Waals surface area contributed by atoms with Gasteiger partial charge < -0.3 is 14.5 Å². The molecule has 0 bridgehead atoms. The first kappa shape index (κ1) is 26.3. The number of rotatable bonds is 6. The molecule has 1 fully saturated rings. The highest BCUT2D eigenvalue weighted by Crippen LogP contribution is 2.37. The third-order valence-corrected chi connectivity index (χ3v) is 7.59. The number of carbonyl (C=O) groups is 1. The highest BCUT2D eigenvalue weighted by molar-refractivity contribution is 7.10. The summed E-state index contributed by atoms with van der Waals surface area (Å²) >= 11 is 7.63. The zero-order valence-electron chi connectivity index (χ0n) is 19.6. The zero-order chi connectivity index (χ0) is 26.9. The maximum atomic E-state index is 14.2. The van der Waals surface area contributed by atoms with Crippen molar-refractivity contribution in [2.24, 2.45) is 5.16 Å². The average molecular weight is 570 g/mol. The van der Waals surface area contributed by atoms with Crippen LogP contribution in [0.2, 0.25) is 5.02 Å². The van der Waals surface area contributed by atoms with Crippen LogP contribution in [0.5, 0.6) is 6.01 Å². The van der Waals surface area contributed by atoms with Gasteiger partial charge in [-0.2, -0.15) is 18.2 Å². The maximum Gasteiger partial charge on any atom is 0.433 e. The third-order valence-electron chi connectivity index (χ3n) is 6.25. The second kappa shape index (κ2) is 10.8. The molecule has 0 aliphatic carbocycles. The third kappa shape index (κ3) is 5.73. The lowest BCUT2D eigenvalue weighted by molar-refractivity contribution is -0.141. The van der Waals surface area contributed by atoms with E-state index in [1.54, 1.807) is 11.0 Å². The molecule has 1 unspecified atom stereocenters. The molecular formula is C24H20ClF4N5O3S. The van der Waals surface area contributed by atoms with Crippen molar-refractivity contribution in [1.29, 1.82) is 0 Å². The molecule has 1 amide bonds. The standard InChI is InChI=1S/C24H20ClF4N5O3S/c25-14-2-1-3-15(26)21(14)18-10-16(33-37-18)17-12-38-22(31-17)13-5-8-34(9-6-13)20(35)11-36-23-30-7-4-19(32-23)24(27,28)29/h1-4,7,12-13,18H,5-6,8-11H2. The minimum atomic E-state index is -4.63. The van der Waals surface area contributed by atoms with E-state index < -0.39 is 36.4 Å². The van der Waals surface area contributed by atoms with E-state index in [9.17, 15) is 22.4 Å². The van der Waals surface area contributed by atoms with E-state index in [2.05, 4.69) is 15.1 Å². The van der Waals surface area contributed by atoms with Gasteiger partial charge in [-0.3, -0.25) is 4.79 Å². The molecule has 2 aromatic heterocycles. The largest absolute Gasteiger partial charge is 0.453 e. The van der Waals surface area contributed by atoms with Gasteiger partial charge in [0.15, 0.2) is 18.4 Å². The van der Waals surface area contributed by atoms with Crippen molar-refractivity contribution in [3.63, 3.8) is 0 Å². The zero-order valence-corrected chi connectivity index (χ0v) is 21.2. The van der Waals surface area contributed by atoms with E-state index in [-0.39, 0.29) is 22.4 Å². The summed E-state index contributed by atoms with van der Waals surface area (Å²) in [5, 5.41) is 7.15. The topological polar surface area (TPSA) is 89.8 Å². The Morgan fingerprint density at radius 1 is 1.21 bits per heavy atom. The maximum absolute atomic E-state index is 14.2. The lowest BCUT2D eigenvalue weighted by Gasteiger charge is -2.31. The monoisotopic (exact) mass is 569 g/mol. The molecule has 3 aromatic rings. The smallest absolute Gasteiger partial charge is 0.433 e. The molecule has 1 saturated heterocycles. The van der Waals surface area contributed by atoms with Crippen LogP contribution < -0.4 is 4.74 Å². The van der Waals surface area contributed by atoms with Crippen LogP contribution in [-0.4, -0.2) is 51.2 Å². The van der Waals surface area contributed by atoms with Crippen LogP contribution in [-0.2, 0) is 15.8 Å². The average Bonchev–Trinajstić information content (AvgIpc) is 3.57. The van der Waals surface area contributed by atoms with E-state index in [1.807, 2.05) is 5.38 Å². The van der Waals surface area contributed by atoms with Gasteiger partial charge in [-0.15, -0.1) is 11.3 Å². The summed E-state index contributed by atoms with van der Waals surface area (Å²) in [5.41, 5.74) is 0.399. The fourth-order valence-corrected chi connectivity index (χ4v) is 5.56. The van der Waals surface area contributed by atoms with Crippen molar-refractivity contribution in [3.8, 4) is 6.01 Å². The number of alkyl halides is 3. The Kier molecular flexibility index (Phi) is 7.48. The van der Waals surface area contributed by atoms with Crippen molar-refractivity contribution in [3.05, 3.63) is 68.6 Å². The summed E-state index contributed by atoms with van der Waals surface area (Å²) in [4.78, 5) is 31.2. The molecular weight excluding hydrogens is 550 g/mol. The first-order valence-electron chi connectivity index (χ1n) is 11.6. The minimum Gasteiger partial charge on any atom is -0.453 e. The molecule has 0 N–H and O–H groups in total. The molecule has 1 atom stereocenters. The highest BCUT2D eigenvalue weighted by atomic mass is 35.5. The van der Waals surface area contributed by atoms with Gasteiger partial charge in [-0.05, 0) is 31.0 Å². The Bertz CT molecular complexity index is 1340. The number of amides is 1. The summed E-state index contributed by atoms with van der Waals surface area (Å²) in [7, 11) is 0. The van der Waals surface area contributed by atoms with Gasteiger partial charge in [0, 0.05) is 42.6 Å². The van der Waals surface area contributed by atoms with Crippen molar-refractivity contribution >= 4 is 34.6 Å². The van der Waals surface area contributed by atoms with E-state index in [0.29, 0.717) is 43.8 Å². The Hall–Kier alpha value is -3.32. The molecule has 5 rings (SSSR count). The summed E-state index contributed by atoms with van der Waals surface area (Å²) in [5.74, 6) is -0.683. The molecule has 200 valence electrons. The number of ether oxygens (including phenoxy) is 1. The van der Waals surface area contributed by atoms with Crippen LogP contribution in [0.4, 0.5) is 17.6 Å². The van der Waals surface area contributed by atoms with Gasteiger partial charge in [0.25, 0.3) is 5.91 Å². The molecule has 0 saturated carbocycles. The number of piperidine rings is 1. The Morgan fingerprint density at radius 3 is 2.74 bits per heavy atom. The first-order valence-corrected chi connectivity index (χ1v) is 12.9. The van der Waals surface area contributed by atoms with Gasteiger partial charge in [-0.25, -0.2) is 14.4 Å². The van der Waals surface area contributed by atoms with Crippen molar-refractivity contribution in [2.45, 2.75) is 37.5 Å². The molecule has 1 aromatic carbocycles. The molecule has 4 heterocycles. The molecule has 38 heavy (non-hydrogen) atoms. The number of aromatic nitrogens is 3.